The molecular formula is C32H40. The highest BCUT2D eigenvalue weighted by atomic mass is 14.4. The Kier molecular flexibility index (Phi) is 8.91. The molecule has 0 aliphatic heterocycles. The lowest BCUT2D eigenvalue weighted by Gasteiger charge is -2.18. The Morgan fingerprint density at radius 3 is 2.41 bits per heavy atom. The predicted octanol–water partition coefficient (Wildman–Crippen LogP) is 9.45. The van der Waals surface area contributed by atoms with Crippen LogP contribution >= 0.6 is 0 Å². The quantitative estimate of drug-likeness (QED) is 0.249. The maximum absolute atomic E-state index is 4.61. The van der Waals surface area contributed by atoms with Crippen LogP contribution in [-0.2, 0) is 6.42 Å². The molecule has 0 N–H and O–H groups in total. The van der Waals surface area contributed by atoms with Gasteiger partial charge in [0.05, 0.1) is 0 Å². The molecule has 0 saturated heterocycles. The van der Waals surface area contributed by atoms with E-state index in [0.29, 0.717) is 11.8 Å². The Bertz CT molecular complexity index is 957. The van der Waals surface area contributed by atoms with Crippen LogP contribution in [-0.4, -0.2) is 0 Å². The van der Waals surface area contributed by atoms with Gasteiger partial charge in [-0.3, -0.25) is 0 Å². The highest BCUT2D eigenvalue weighted by molar-refractivity contribution is 5.66. The molecule has 1 saturated carbocycles. The lowest BCUT2D eigenvalue weighted by Crippen LogP contribution is -2.05. The Morgan fingerprint density at radius 2 is 1.69 bits per heavy atom. The third kappa shape index (κ3) is 6.22. The van der Waals surface area contributed by atoms with Gasteiger partial charge < -0.3 is 0 Å². The van der Waals surface area contributed by atoms with E-state index in [-0.39, 0.29) is 0 Å². The normalized spacial score (nSPS) is 19.4. The van der Waals surface area contributed by atoms with E-state index in [2.05, 4.69) is 94.3 Å². The molecule has 0 aromatic heterocycles. The fourth-order valence-electron chi connectivity index (χ4n) is 5.08. The van der Waals surface area contributed by atoms with E-state index >= 15 is 0 Å². The topological polar surface area (TPSA) is 0 Å². The van der Waals surface area contributed by atoms with Gasteiger partial charge in [0.15, 0.2) is 0 Å². The molecule has 0 nitrogen and oxygen atoms in total. The van der Waals surface area contributed by atoms with Gasteiger partial charge in [-0.2, -0.15) is 0 Å². The standard InChI is InChI=1S/C32H40/c1-6-8-10-19-32-26(5)29(23-30(32)22-27-15-11-9-12-16-27)21-24(3)20-28-17-13-14-18-31(28)25(4)7-2/h9,11-18,22,29,32H,3-8,10,19-21,23H2,1-2H3/b30-22-. The number of hydrogen-bond acceptors (Lipinski definition) is 0. The third-order valence-corrected chi connectivity index (χ3v) is 6.95. The van der Waals surface area contributed by atoms with Crippen molar-refractivity contribution in [3.8, 4) is 0 Å². The summed E-state index contributed by atoms with van der Waals surface area (Å²) < 4.78 is 0. The van der Waals surface area contributed by atoms with Gasteiger partial charge in [0.1, 0.15) is 0 Å². The van der Waals surface area contributed by atoms with Crippen LogP contribution in [0, 0.1) is 11.8 Å². The van der Waals surface area contributed by atoms with Crippen molar-refractivity contribution in [2.45, 2.75) is 65.2 Å². The molecule has 1 aliphatic rings. The first-order valence-electron chi connectivity index (χ1n) is 12.4. The molecule has 3 rings (SSSR count). The Hall–Kier alpha value is -2.60. The molecule has 0 heterocycles. The molecular weight excluding hydrogens is 384 g/mol. The molecule has 0 amide bonds. The van der Waals surface area contributed by atoms with E-state index in [1.54, 1.807) is 5.57 Å². The summed E-state index contributed by atoms with van der Waals surface area (Å²) in [5, 5.41) is 0. The summed E-state index contributed by atoms with van der Waals surface area (Å²) in [6.45, 7) is 17.8. The molecule has 1 fully saturated rings. The second kappa shape index (κ2) is 11.9. The van der Waals surface area contributed by atoms with Gasteiger partial charge in [-0.05, 0) is 60.3 Å². The number of hydrogen-bond donors (Lipinski definition) is 0. The first-order chi connectivity index (χ1) is 15.5. The highest BCUT2D eigenvalue weighted by Gasteiger charge is 2.32. The lowest BCUT2D eigenvalue weighted by molar-refractivity contribution is 0.571. The summed E-state index contributed by atoms with van der Waals surface area (Å²) in [6.07, 6.45) is 11.6. The lowest BCUT2D eigenvalue weighted by atomic mass is 9.87. The van der Waals surface area contributed by atoms with Gasteiger partial charge >= 0.3 is 0 Å². The van der Waals surface area contributed by atoms with Crippen molar-refractivity contribution >= 4 is 11.6 Å². The molecule has 2 aromatic rings. The van der Waals surface area contributed by atoms with Gasteiger partial charge in [0.2, 0.25) is 0 Å². The van der Waals surface area contributed by atoms with E-state index in [0.717, 1.165) is 25.7 Å². The first kappa shape index (κ1) is 24.1. The predicted molar refractivity (Wildman–Crippen MR) is 143 cm³/mol. The zero-order valence-electron chi connectivity index (χ0n) is 20.2. The van der Waals surface area contributed by atoms with Gasteiger partial charge in [-0.25, -0.2) is 0 Å². The van der Waals surface area contributed by atoms with Crippen LogP contribution in [0.15, 0.2) is 91.1 Å². The Balaban J connectivity index is 1.73. The highest BCUT2D eigenvalue weighted by Crippen LogP contribution is 2.46. The van der Waals surface area contributed by atoms with Crippen LogP contribution in [0.3, 0.4) is 0 Å². The van der Waals surface area contributed by atoms with Crippen molar-refractivity contribution in [3.63, 3.8) is 0 Å². The van der Waals surface area contributed by atoms with E-state index < -0.39 is 0 Å². The van der Waals surface area contributed by atoms with Crippen molar-refractivity contribution in [2.24, 2.45) is 11.8 Å². The fourth-order valence-corrected chi connectivity index (χ4v) is 5.08. The van der Waals surface area contributed by atoms with Crippen molar-refractivity contribution in [1.29, 1.82) is 0 Å². The monoisotopic (exact) mass is 424 g/mol. The van der Waals surface area contributed by atoms with Crippen molar-refractivity contribution in [1.82, 2.24) is 0 Å². The average Bonchev–Trinajstić information content (AvgIpc) is 3.08. The number of rotatable bonds is 11. The first-order valence-corrected chi connectivity index (χ1v) is 12.4. The minimum atomic E-state index is 0.505. The molecule has 0 radical (unpaired) electrons. The largest absolute Gasteiger partial charge is 0.0995 e. The van der Waals surface area contributed by atoms with Crippen molar-refractivity contribution in [3.05, 3.63) is 108 Å². The van der Waals surface area contributed by atoms with E-state index in [1.165, 1.54) is 59.1 Å². The SMILES string of the molecule is C=C(Cc1ccccc1C(=C)CC)CC1C/C(=C/c2ccccc2)C(CCCCC)C1=C. The third-order valence-electron chi connectivity index (χ3n) is 6.95. The number of unbranched alkanes of at least 4 members (excludes halogenated alkanes) is 2. The number of benzene rings is 2. The van der Waals surface area contributed by atoms with E-state index in [1.807, 2.05) is 0 Å². The second-order valence-electron chi connectivity index (χ2n) is 9.40. The van der Waals surface area contributed by atoms with Gasteiger partial charge in [-0.1, -0.05) is 130 Å². The summed E-state index contributed by atoms with van der Waals surface area (Å²) in [5.74, 6) is 1.03. The van der Waals surface area contributed by atoms with Crippen molar-refractivity contribution in [2.75, 3.05) is 0 Å². The minimum Gasteiger partial charge on any atom is -0.0995 e. The summed E-state index contributed by atoms with van der Waals surface area (Å²) >= 11 is 0. The Morgan fingerprint density at radius 1 is 0.969 bits per heavy atom. The molecule has 1 aliphatic carbocycles. The second-order valence-corrected chi connectivity index (χ2v) is 9.40. The summed E-state index contributed by atoms with van der Waals surface area (Å²) in [4.78, 5) is 0. The van der Waals surface area contributed by atoms with Crippen LogP contribution in [0.5, 0.6) is 0 Å². The molecule has 0 heteroatoms. The Labute approximate surface area is 196 Å². The zero-order valence-corrected chi connectivity index (χ0v) is 20.2. The van der Waals surface area contributed by atoms with Crippen LogP contribution < -0.4 is 0 Å². The van der Waals surface area contributed by atoms with Crippen LogP contribution in [0.4, 0.5) is 0 Å². The van der Waals surface area contributed by atoms with Crippen LogP contribution in [0.25, 0.3) is 11.6 Å². The molecule has 168 valence electrons. The zero-order chi connectivity index (χ0) is 22.9. The van der Waals surface area contributed by atoms with Crippen LogP contribution in [0.1, 0.15) is 75.5 Å². The van der Waals surface area contributed by atoms with E-state index in [4.69, 9.17) is 0 Å². The fraction of sp³-hybridized carbons (Fsp3) is 0.375. The van der Waals surface area contributed by atoms with Crippen LogP contribution in [0.2, 0.25) is 0 Å². The van der Waals surface area contributed by atoms with Crippen molar-refractivity contribution < 1.29 is 0 Å². The summed E-state index contributed by atoms with van der Waals surface area (Å²) in [7, 11) is 0. The number of allylic oxidation sites excluding steroid dienone is 4. The van der Waals surface area contributed by atoms with Gasteiger partial charge in [-0.15, -0.1) is 0 Å². The maximum Gasteiger partial charge on any atom is 0.00108 e. The molecule has 0 bridgehead atoms. The van der Waals surface area contributed by atoms with Gasteiger partial charge in [0.25, 0.3) is 0 Å². The molecule has 2 unspecified atom stereocenters. The minimum absolute atomic E-state index is 0.505. The summed E-state index contributed by atoms with van der Waals surface area (Å²) in [5.41, 5.74) is 9.47. The maximum atomic E-state index is 4.61. The van der Waals surface area contributed by atoms with E-state index in [9.17, 15) is 0 Å². The smallest absolute Gasteiger partial charge is 0.00108 e. The molecule has 2 atom stereocenters. The average molecular weight is 425 g/mol. The molecule has 2 aromatic carbocycles. The molecule has 0 spiro atoms. The summed E-state index contributed by atoms with van der Waals surface area (Å²) in [6, 6.07) is 19.5. The molecule has 32 heavy (non-hydrogen) atoms. The van der Waals surface area contributed by atoms with Gasteiger partial charge in [0, 0.05) is 5.92 Å².